The van der Waals surface area contributed by atoms with Crippen LogP contribution in [0.2, 0.25) is 0 Å². The molecule has 1 rings (SSSR count). The minimum absolute atomic E-state index is 0.00199. The van der Waals surface area contributed by atoms with Gasteiger partial charge in [0.2, 0.25) is 10.0 Å². The molecule has 0 fully saturated rings. The number of hydrogen-bond acceptors (Lipinski definition) is 3. The average Bonchev–Trinajstić information content (AvgIpc) is 2.79. The molecule has 7 heteroatoms. The largest absolute Gasteiger partial charge is 0.477 e. The quantitative estimate of drug-likeness (QED) is 0.788. The maximum absolute atomic E-state index is 12.2. The van der Waals surface area contributed by atoms with E-state index in [1.807, 2.05) is 6.92 Å². The molecule has 18 heavy (non-hydrogen) atoms. The lowest BCUT2D eigenvalue weighted by atomic mass is 10.3. The zero-order valence-electron chi connectivity index (χ0n) is 10.5. The molecule has 0 saturated carbocycles. The number of unbranched alkanes of at least 4 members (excludes halogenated alkanes) is 1. The van der Waals surface area contributed by atoms with Crippen LogP contribution in [-0.4, -0.2) is 41.9 Å². The Kier molecular flexibility index (Phi) is 4.92. The van der Waals surface area contributed by atoms with Crippen LogP contribution in [0.1, 0.15) is 37.2 Å². The van der Waals surface area contributed by atoms with Crippen LogP contribution in [0.4, 0.5) is 0 Å². The Morgan fingerprint density at radius 1 is 1.44 bits per heavy atom. The minimum atomic E-state index is -3.60. The molecule has 1 aromatic heterocycles. The van der Waals surface area contributed by atoms with Gasteiger partial charge in [-0.15, -0.1) is 0 Å². The fourth-order valence-corrected chi connectivity index (χ4v) is 3.06. The molecule has 0 amide bonds. The molecule has 0 spiro atoms. The summed E-state index contributed by atoms with van der Waals surface area (Å²) in [4.78, 5) is 13.2. The first kappa shape index (κ1) is 14.7. The molecule has 0 aliphatic carbocycles. The van der Waals surface area contributed by atoms with Crippen molar-refractivity contribution in [2.24, 2.45) is 0 Å². The van der Waals surface area contributed by atoms with E-state index < -0.39 is 16.0 Å². The number of carboxylic acid groups (broad SMARTS) is 1. The predicted molar refractivity (Wildman–Crippen MR) is 67.1 cm³/mol. The molecule has 0 aliphatic heterocycles. The number of rotatable bonds is 7. The first-order chi connectivity index (χ1) is 8.43. The number of carboxylic acids is 1. The molecular weight excluding hydrogens is 256 g/mol. The Balaban J connectivity index is 2.99. The van der Waals surface area contributed by atoms with Gasteiger partial charge in [0, 0.05) is 19.3 Å². The van der Waals surface area contributed by atoms with Crippen LogP contribution in [0.3, 0.4) is 0 Å². The van der Waals surface area contributed by atoms with E-state index in [1.165, 1.54) is 10.5 Å². The number of carbonyl (C=O) groups is 1. The van der Waals surface area contributed by atoms with Crippen LogP contribution in [0, 0.1) is 0 Å². The first-order valence-corrected chi connectivity index (χ1v) is 7.29. The van der Waals surface area contributed by atoms with E-state index >= 15 is 0 Å². The summed E-state index contributed by atoms with van der Waals surface area (Å²) in [7, 11) is -3.60. The number of H-pyrrole nitrogens is 1. The number of nitrogens with one attached hydrogen (secondary N) is 1. The zero-order chi connectivity index (χ0) is 13.8. The van der Waals surface area contributed by atoms with Gasteiger partial charge in [-0.3, -0.25) is 0 Å². The summed E-state index contributed by atoms with van der Waals surface area (Å²) in [5.74, 6) is -1.17. The van der Waals surface area contributed by atoms with Gasteiger partial charge < -0.3 is 10.1 Å². The van der Waals surface area contributed by atoms with Crippen LogP contribution in [0.5, 0.6) is 0 Å². The average molecular weight is 274 g/mol. The Bertz CT molecular complexity index is 507. The SMILES string of the molecule is CCCCN(CC)S(=O)(=O)c1c[nH]c(C(=O)O)c1. The minimum Gasteiger partial charge on any atom is -0.477 e. The molecule has 0 bridgehead atoms. The first-order valence-electron chi connectivity index (χ1n) is 5.85. The summed E-state index contributed by atoms with van der Waals surface area (Å²) in [6.45, 7) is 4.57. The normalized spacial score (nSPS) is 11.9. The summed E-state index contributed by atoms with van der Waals surface area (Å²) >= 11 is 0. The Morgan fingerprint density at radius 2 is 2.11 bits per heavy atom. The molecule has 0 saturated heterocycles. The maximum atomic E-state index is 12.2. The molecule has 0 aromatic carbocycles. The standard InChI is InChI=1S/C11H18N2O4S/c1-3-5-6-13(4-2)18(16,17)9-7-10(11(14)15)12-8-9/h7-8,12H,3-6H2,1-2H3,(H,14,15). The van der Waals surface area contributed by atoms with Crippen molar-refractivity contribution in [2.45, 2.75) is 31.6 Å². The summed E-state index contributed by atoms with van der Waals surface area (Å²) < 4.78 is 25.8. The van der Waals surface area contributed by atoms with Gasteiger partial charge in [-0.05, 0) is 12.5 Å². The van der Waals surface area contributed by atoms with Crippen molar-refractivity contribution in [3.63, 3.8) is 0 Å². The second-order valence-corrected chi connectivity index (χ2v) is 5.84. The molecule has 0 aliphatic rings. The highest BCUT2D eigenvalue weighted by Gasteiger charge is 2.24. The van der Waals surface area contributed by atoms with Gasteiger partial charge in [0.25, 0.3) is 0 Å². The number of nitrogens with zero attached hydrogens (tertiary/aromatic N) is 1. The van der Waals surface area contributed by atoms with Crippen LogP contribution in [-0.2, 0) is 10.0 Å². The van der Waals surface area contributed by atoms with E-state index in [1.54, 1.807) is 6.92 Å². The van der Waals surface area contributed by atoms with E-state index in [4.69, 9.17) is 5.11 Å². The van der Waals surface area contributed by atoms with Crippen molar-refractivity contribution >= 4 is 16.0 Å². The smallest absolute Gasteiger partial charge is 0.352 e. The Morgan fingerprint density at radius 3 is 2.56 bits per heavy atom. The third kappa shape index (κ3) is 3.11. The third-order valence-electron chi connectivity index (χ3n) is 2.64. The summed E-state index contributed by atoms with van der Waals surface area (Å²) in [6, 6.07) is 1.15. The van der Waals surface area contributed by atoms with Crippen molar-refractivity contribution in [2.75, 3.05) is 13.1 Å². The fourth-order valence-electron chi connectivity index (χ4n) is 1.58. The van der Waals surface area contributed by atoms with Crippen molar-refractivity contribution in [1.82, 2.24) is 9.29 Å². The maximum Gasteiger partial charge on any atom is 0.352 e. The van der Waals surface area contributed by atoms with Crippen molar-refractivity contribution < 1.29 is 18.3 Å². The van der Waals surface area contributed by atoms with Crippen LogP contribution in [0.25, 0.3) is 0 Å². The number of aromatic amines is 1. The number of hydrogen-bond donors (Lipinski definition) is 2. The topological polar surface area (TPSA) is 90.5 Å². The van der Waals surface area contributed by atoms with Crippen molar-refractivity contribution in [1.29, 1.82) is 0 Å². The van der Waals surface area contributed by atoms with Gasteiger partial charge in [0.15, 0.2) is 0 Å². The van der Waals surface area contributed by atoms with Crippen LogP contribution < -0.4 is 0 Å². The second kappa shape index (κ2) is 6.01. The molecule has 0 radical (unpaired) electrons. The highest BCUT2D eigenvalue weighted by molar-refractivity contribution is 7.89. The lowest BCUT2D eigenvalue weighted by molar-refractivity contribution is 0.0691. The van der Waals surface area contributed by atoms with Gasteiger partial charge in [-0.2, -0.15) is 4.31 Å². The number of sulfonamides is 1. The zero-order valence-corrected chi connectivity index (χ0v) is 11.3. The molecular formula is C11H18N2O4S. The second-order valence-electron chi connectivity index (χ2n) is 3.90. The molecule has 1 heterocycles. The Labute approximate surface area is 107 Å². The van der Waals surface area contributed by atoms with E-state index in [2.05, 4.69) is 4.98 Å². The van der Waals surface area contributed by atoms with E-state index in [0.29, 0.717) is 13.1 Å². The molecule has 0 unspecified atom stereocenters. The molecule has 0 atom stereocenters. The van der Waals surface area contributed by atoms with Gasteiger partial charge in [-0.25, -0.2) is 13.2 Å². The lowest BCUT2D eigenvalue weighted by Gasteiger charge is -2.19. The van der Waals surface area contributed by atoms with E-state index in [0.717, 1.165) is 18.9 Å². The van der Waals surface area contributed by atoms with Gasteiger partial charge in [0.1, 0.15) is 10.6 Å². The van der Waals surface area contributed by atoms with Crippen molar-refractivity contribution in [3.8, 4) is 0 Å². The van der Waals surface area contributed by atoms with E-state index in [-0.39, 0.29) is 10.6 Å². The highest BCUT2D eigenvalue weighted by Crippen LogP contribution is 2.17. The van der Waals surface area contributed by atoms with Crippen LogP contribution >= 0.6 is 0 Å². The summed E-state index contributed by atoms with van der Waals surface area (Å²) in [6.07, 6.45) is 2.90. The van der Waals surface area contributed by atoms with Gasteiger partial charge in [-0.1, -0.05) is 20.3 Å². The van der Waals surface area contributed by atoms with Crippen molar-refractivity contribution in [3.05, 3.63) is 18.0 Å². The number of aromatic nitrogens is 1. The van der Waals surface area contributed by atoms with Gasteiger partial charge >= 0.3 is 5.97 Å². The Hall–Kier alpha value is -1.34. The molecule has 6 nitrogen and oxygen atoms in total. The lowest BCUT2D eigenvalue weighted by Crippen LogP contribution is -2.31. The number of aromatic carboxylic acids is 1. The van der Waals surface area contributed by atoms with Gasteiger partial charge in [0.05, 0.1) is 0 Å². The highest BCUT2D eigenvalue weighted by atomic mass is 32.2. The molecule has 2 N–H and O–H groups in total. The van der Waals surface area contributed by atoms with Crippen LogP contribution in [0.15, 0.2) is 17.2 Å². The predicted octanol–water partition coefficient (Wildman–Crippen LogP) is 1.52. The summed E-state index contributed by atoms with van der Waals surface area (Å²) in [5.41, 5.74) is -0.125. The third-order valence-corrected chi connectivity index (χ3v) is 4.59. The van der Waals surface area contributed by atoms with E-state index in [9.17, 15) is 13.2 Å². The fraction of sp³-hybridized carbons (Fsp3) is 0.545. The summed E-state index contributed by atoms with van der Waals surface area (Å²) in [5, 5.41) is 8.76. The molecule has 1 aromatic rings. The monoisotopic (exact) mass is 274 g/mol. The molecule has 102 valence electrons.